The van der Waals surface area contributed by atoms with Crippen molar-refractivity contribution in [2.24, 2.45) is 0 Å². The fourth-order valence-electron chi connectivity index (χ4n) is 2.19. The molecule has 6 heteroatoms. The van der Waals surface area contributed by atoms with Crippen molar-refractivity contribution < 1.29 is 19.1 Å². The zero-order chi connectivity index (χ0) is 15.2. The van der Waals surface area contributed by atoms with Crippen molar-refractivity contribution in [3.05, 3.63) is 24.3 Å². The van der Waals surface area contributed by atoms with Gasteiger partial charge in [-0.3, -0.25) is 19.3 Å². The number of likely N-dealkylation sites (tertiary alicyclic amines) is 1. The summed E-state index contributed by atoms with van der Waals surface area (Å²) in [4.78, 5) is 35.9. The van der Waals surface area contributed by atoms with E-state index in [1.54, 1.807) is 31.4 Å². The maximum atomic E-state index is 11.8. The number of nitrogens with zero attached hydrogens (tertiary/aromatic N) is 1. The molecular weight excluding hydrogens is 272 g/mol. The van der Waals surface area contributed by atoms with Gasteiger partial charge in [0.05, 0.1) is 7.11 Å². The van der Waals surface area contributed by atoms with Crippen molar-refractivity contribution in [3.8, 4) is 5.75 Å². The van der Waals surface area contributed by atoms with Crippen molar-refractivity contribution in [1.29, 1.82) is 0 Å². The molecular formula is C15H18N2O4. The summed E-state index contributed by atoms with van der Waals surface area (Å²) in [5.41, 5.74) is 0.660. The fraction of sp³-hybridized carbons (Fsp3) is 0.400. The minimum absolute atomic E-state index is 0.145. The second-order valence-electron chi connectivity index (χ2n) is 4.82. The van der Waals surface area contributed by atoms with Gasteiger partial charge in [-0.15, -0.1) is 0 Å². The zero-order valence-corrected chi connectivity index (χ0v) is 11.9. The van der Waals surface area contributed by atoms with E-state index in [4.69, 9.17) is 4.74 Å². The number of benzene rings is 1. The first-order valence-corrected chi connectivity index (χ1v) is 6.87. The van der Waals surface area contributed by atoms with E-state index in [2.05, 4.69) is 5.32 Å². The molecule has 1 N–H and O–H groups in total. The largest absolute Gasteiger partial charge is 0.497 e. The molecule has 1 aromatic carbocycles. The maximum absolute atomic E-state index is 11.8. The van der Waals surface area contributed by atoms with E-state index in [1.165, 1.54) is 4.90 Å². The van der Waals surface area contributed by atoms with Crippen molar-refractivity contribution in [2.75, 3.05) is 19.0 Å². The predicted molar refractivity (Wildman–Crippen MR) is 76.8 cm³/mol. The van der Waals surface area contributed by atoms with Gasteiger partial charge in [-0.2, -0.15) is 0 Å². The topological polar surface area (TPSA) is 75.7 Å². The number of imide groups is 1. The van der Waals surface area contributed by atoms with Gasteiger partial charge in [-0.25, -0.2) is 0 Å². The van der Waals surface area contributed by atoms with Crippen LogP contribution in [0.2, 0.25) is 0 Å². The molecule has 0 saturated carbocycles. The SMILES string of the molecule is COc1cccc(NC(=O)CCCN2C(=O)CCC2=O)c1. The number of hydrogen-bond acceptors (Lipinski definition) is 4. The minimum Gasteiger partial charge on any atom is -0.497 e. The molecule has 1 saturated heterocycles. The highest BCUT2D eigenvalue weighted by molar-refractivity contribution is 6.02. The molecule has 0 spiro atoms. The van der Waals surface area contributed by atoms with Gasteiger partial charge in [0.1, 0.15) is 5.75 Å². The number of rotatable bonds is 6. The second-order valence-corrected chi connectivity index (χ2v) is 4.82. The van der Waals surface area contributed by atoms with E-state index in [1.807, 2.05) is 0 Å². The smallest absolute Gasteiger partial charge is 0.229 e. The summed E-state index contributed by atoms with van der Waals surface area (Å²) in [6.07, 6.45) is 1.30. The summed E-state index contributed by atoms with van der Waals surface area (Å²) in [6.45, 7) is 0.309. The molecule has 1 fully saturated rings. The lowest BCUT2D eigenvalue weighted by molar-refractivity contribution is -0.138. The molecule has 6 nitrogen and oxygen atoms in total. The molecule has 1 aliphatic rings. The first-order valence-electron chi connectivity index (χ1n) is 6.87. The average molecular weight is 290 g/mol. The summed E-state index contributed by atoms with van der Waals surface area (Å²) < 4.78 is 5.08. The number of hydrogen-bond donors (Lipinski definition) is 1. The fourth-order valence-corrected chi connectivity index (χ4v) is 2.19. The molecule has 0 atom stereocenters. The molecule has 1 aromatic rings. The number of nitrogens with one attached hydrogen (secondary N) is 1. The molecule has 0 unspecified atom stereocenters. The third-order valence-electron chi connectivity index (χ3n) is 3.29. The summed E-state index contributed by atoms with van der Waals surface area (Å²) in [7, 11) is 1.56. The molecule has 112 valence electrons. The van der Waals surface area contributed by atoms with Crippen LogP contribution in [0.4, 0.5) is 5.69 Å². The quantitative estimate of drug-likeness (QED) is 0.807. The van der Waals surface area contributed by atoms with Crippen LogP contribution in [0.15, 0.2) is 24.3 Å². The lowest BCUT2D eigenvalue weighted by atomic mass is 10.2. The number of methoxy groups -OCH3 is 1. The number of amides is 3. The molecule has 1 aliphatic heterocycles. The van der Waals surface area contributed by atoms with E-state index in [0.29, 0.717) is 24.4 Å². The number of ether oxygens (including phenoxy) is 1. The van der Waals surface area contributed by atoms with Crippen LogP contribution in [-0.4, -0.2) is 36.3 Å². The Hall–Kier alpha value is -2.37. The lowest BCUT2D eigenvalue weighted by Crippen LogP contribution is -2.30. The van der Waals surface area contributed by atoms with Crippen LogP contribution in [0.3, 0.4) is 0 Å². The van der Waals surface area contributed by atoms with Crippen LogP contribution >= 0.6 is 0 Å². The Kier molecular flexibility index (Phi) is 4.92. The Bertz CT molecular complexity index is 540. The number of anilines is 1. The van der Waals surface area contributed by atoms with Gasteiger partial charge in [0, 0.05) is 37.6 Å². The number of carbonyl (C=O) groups excluding carboxylic acids is 3. The third-order valence-corrected chi connectivity index (χ3v) is 3.29. The van der Waals surface area contributed by atoms with Crippen LogP contribution in [0.5, 0.6) is 5.75 Å². The molecule has 1 heterocycles. The first kappa shape index (κ1) is 15.0. The van der Waals surface area contributed by atoms with Crippen molar-refractivity contribution in [2.45, 2.75) is 25.7 Å². The molecule has 2 rings (SSSR count). The monoisotopic (exact) mass is 290 g/mol. The van der Waals surface area contributed by atoms with Crippen molar-refractivity contribution in [3.63, 3.8) is 0 Å². The molecule has 3 amide bonds. The summed E-state index contributed by atoms with van der Waals surface area (Å²) in [5.74, 6) is 0.227. The van der Waals surface area contributed by atoms with E-state index in [-0.39, 0.29) is 37.0 Å². The highest BCUT2D eigenvalue weighted by atomic mass is 16.5. The summed E-state index contributed by atoms with van der Waals surface area (Å²) >= 11 is 0. The Morgan fingerprint density at radius 1 is 1.29 bits per heavy atom. The normalized spacial score (nSPS) is 14.4. The molecule has 0 bridgehead atoms. The van der Waals surface area contributed by atoms with Crippen LogP contribution in [-0.2, 0) is 14.4 Å². The minimum atomic E-state index is -0.151. The van der Waals surface area contributed by atoms with Crippen molar-refractivity contribution in [1.82, 2.24) is 4.90 Å². The molecule has 0 aromatic heterocycles. The molecule has 0 aliphatic carbocycles. The first-order chi connectivity index (χ1) is 10.1. The van der Waals surface area contributed by atoms with Gasteiger partial charge in [-0.1, -0.05) is 6.07 Å². The van der Waals surface area contributed by atoms with Gasteiger partial charge in [0.2, 0.25) is 17.7 Å². The molecule has 21 heavy (non-hydrogen) atoms. The second kappa shape index (κ2) is 6.88. The van der Waals surface area contributed by atoms with E-state index in [9.17, 15) is 14.4 Å². The molecule has 0 radical (unpaired) electrons. The van der Waals surface area contributed by atoms with Crippen LogP contribution in [0.1, 0.15) is 25.7 Å². The Balaban J connectivity index is 1.77. The van der Waals surface area contributed by atoms with Crippen LogP contribution < -0.4 is 10.1 Å². The Labute approximate surface area is 123 Å². The highest BCUT2D eigenvalue weighted by Gasteiger charge is 2.28. The Morgan fingerprint density at radius 2 is 2.00 bits per heavy atom. The lowest BCUT2D eigenvalue weighted by Gasteiger charge is -2.13. The summed E-state index contributed by atoms with van der Waals surface area (Å²) in [6, 6.07) is 7.08. The van der Waals surface area contributed by atoms with Gasteiger partial charge in [0.15, 0.2) is 0 Å². The third kappa shape index (κ3) is 4.05. The van der Waals surface area contributed by atoms with E-state index < -0.39 is 0 Å². The van der Waals surface area contributed by atoms with E-state index >= 15 is 0 Å². The van der Waals surface area contributed by atoms with Gasteiger partial charge in [0.25, 0.3) is 0 Å². The highest BCUT2D eigenvalue weighted by Crippen LogP contribution is 2.17. The average Bonchev–Trinajstić information content (AvgIpc) is 2.79. The predicted octanol–water partition coefficient (Wildman–Crippen LogP) is 1.56. The standard InChI is InChI=1S/C15H18N2O4/c1-21-12-5-2-4-11(10-12)16-13(18)6-3-9-17-14(19)7-8-15(17)20/h2,4-5,10H,3,6-9H2,1H3,(H,16,18). The van der Waals surface area contributed by atoms with Crippen LogP contribution in [0.25, 0.3) is 0 Å². The number of carbonyl (C=O) groups is 3. The van der Waals surface area contributed by atoms with Gasteiger partial charge >= 0.3 is 0 Å². The zero-order valence-electron chi connectivity index (χ0n) is 11.9. The van der Waals surface area contributed by atoms with Gasteiger partial charge in [-0.05, 0) is 18.6 Å². The Morgan fingerprint density at radius 3 is 2.67 bits per heavy atom. The van der Waals surface area contributed by atoms with Crippen LogP contribution in [0, 0.1) is 0 Å². The van der Waals surface area contributed by atoms with Crippen molar-refractivity contribution >= 4 is 23.4 Å². The van der Waals surface area contributed by atoms with Gasteiger partial charge < -0.3 is 10.1 Å². The van der Waals surface area contributed by atoms with E-state index in [0.717, 1.165) is 0 Å². The maximum Gasteiger partial charge on any atom is 0.229 e. The summed E-state index contributed by atoms with van der Waals surface area (Å²) in [5, 5.41) is 2.76.